The quantitative estimate of drug-likeness (QED) is 0.0273. The van der Waals surface area contributed by atoms with Gasteiger partial charge in [0.2, 0.25) is 29.5 Å². The van der Waals surface area contributed by atoms with Crippen LogP contribution >= 0.6 is 0 Å². The monoisotopic (exact) mass is 2080 g/mol. The third kappa shape index (κ3) is 25.6. The summed E-state index contributed by atoms with van der Waals surface area (Å²) in [6.07, 6.45) is -111. The number of aliphatic carboxylic acids is 1. The second kappa shape index (κ2) is 50.6. The molecule has 0 spiro atoms. The van der Waals surface area contributed by atoms with Crippen molar-refractivity contribution in [2.45, 2.75) is 391 Å². The zero-order valence-corrected chi connectivity index (χ0v) is 76.4. The van der Waals surface area contributed by atoms with Gasteiger partial charge in [0.05, 0.1) is 84.3 Å². The van der Waals surface area contributed by atoms with Crippen molar-refractivity contribution in [3.8, 4) is 0 Å². The molecule has 0 aromatic rings. The number of carbonyl (C=O) groups excluding carboxylic acids is 5. The maximum atomic E-state index is 13.5. The number of carboxylic acids is 1. The summed E-state index contributed by atoms with van der Waals surface area (Å²) >= 11 is 0. The Labute approximate surface area is 803 Å². The van der Waals surface area contributed by atoms with E-state index in [2.05, 4.69) is 26.6 Å². The van der Waals surface area contributed by atoms with Crippen molar-refractivity contribution in [2.24, 2.45) is 0 Å². The van der Waals surface area contributed by atoms with Crippen LogP contribution in [0, 0.1) is 0 Å². The molecule has 63 nitrogen and oxygen atoms in total. The fourth-order valence-electron chi connectivity index (χ4n) is 18.5. The Hall–Kier alpha value is -5.22. The molecule has 0 aromatic carbocycles. The van der Waals surface area contributed by atoms with Crippen molar-refractivity contribution in [2.75, 3.05) is 66.1 Å². The molecule has 11 aliphatic rings. The zero-order valence-electron chi connectivity index (χ0n) is 76.4. The number of amides is 5. The molecule has 0 bridgehead atoms. The van der Waals surface area contributed by atoms with E-state index in [4.69, 9.17) is 99.5 Å². The first kappa shape index (κ1) is 117. The highest BCUT2D eigenvalue weighted by atomic mass is 16.8. The third-order valence-electron chi connectivity index (χ3n) is 25.9. The molecule has 0 aromatic heterocycles. The molecule has 0 aliphatic carbocycles. The summed E-state index contributed by atoms with van der Waals surface area (Å²) in [6.45, 7) is -6.41. The second-order valence-electron chi connectivity index (χ2n) is 35.9. The van der Waals surface area contributed by atoms with Gasteiger partial charge in [-0.3, -0.25) is 24.0 Å². The molecule has 11 rings (SSSR count). The van der Waals surface area contributed by atoms with Crippen molar-refractivity contribution in [1.29, 1.82) is 0 Å². The molecule has 11 heterocycles. The molecule has 56 atom stereocenters. The Morgan fingerprint density at radius 1 is 0.303 bits per heavy atom. The van der Waals surface area contributed by atoms with E-state index in [0.29, 0.717) is 0 Å². The molecule has 11 saturated heterocycles. The number of nitrogens with one attached hydrogen (secondary N) is 5. The SMILES string of the molecule is CC(=O)N[C@H]1[C@H](O[C@H]2[C@@H](O)[C@@H](CO)O[C@@H](O[C@H]3[C@H](O)[C@@H](O)[C@H](O)O[C@@H]3CO)[C@@H]2O)O[C@H](CO)[C@@H](O[C@@H]2O[C@H](CO[C@@H]3O[C@H](CO)[C@@H](O[C@@H]4O[C@H](CO)[C@H](O)[C@H](O[C@H]5O[C@H](CO)[C@H](O)[C@H](O)[C@H]5NC(C)=O)[C@H]4O[C@@H]4O[C@@H](C)[C@@H](O)[C@@H](O)[C@@H]4O)[C@H](O)[C@H]3NC(C)=O)[C@H](O)[C@H](O[C@@H]3O[C@H](CO)[C@@H](O[C@@H]4O[C@H](CO)[C@H](O)[C@H](O[C@]5(C(=O)O)C[C@H](O)[C@@H](NC(C)=O)[C@H]([C@H](O)[C@H](O)CO)O5)[C@H]4O)[C@H](O)[C@H]3NC(C)=O)[C@H]2O)[C@@H]1O. The lowest BCUT2D eigenvalue weighted by Gasteiger charge is -2.52. The molecule has 142 heavy (non-hydrogen) atoms. The summed E-state index contributed by atoms with van der Waals surface area (Å²) in [5.41, 5.74) is 0. The van der Waals surface area contributed by atoms with E-state index in [1.54, 1.807) is 0 Å². The van der Waals surface area contributed by atoms with Gasteiger partial charge in [0.15, 0.2) is 62.9 Å². The van der Waals surface area contributed by atoms with Gasteiger partial charge in [-0.2, -0.15) is 0 Å². The molecule has 0 unspecified atom stereocenters. The van der Waals surface area contributed by atoms with Crippen LogP contribution in [0.5, 0.6) is 0 Å². The van der Waals surface area contributed by atoms with Gasteiger partial charge < -0.3 is 284 Å². The van der Waals surface area contributed by atoms with E-state index < -0.39 is 451 Å². The Bertz CT molecular complexity index is 4010. The maximum absolute atomic E-state index is 13.5. The summed E-state index contributed by atoms with van der Waals surface area (Å²) < 4.78 is 125. The molecule has 63 heteroatoms. The van der Waals surface area contributed by atoms with E-state index in [1.165, 1.54) is 6.92 Å². The highest BCUT2D eigenvalue weighted by Crippen LogP contribution is 2.44. The van der Waals surface area contributed by atoms with Crippen molar-refractivity contribution in [3.63, 3.8) is 0 Å². The lowest BCUT2D eigenvalue weighted by molar-refractivity contribution is -0.400. The first-order valence-corrected chi connectivity index (χ1v) is 45.1. The van der Waals surface area contributed by atoms with Crippen LogP contribution in [0.15, 0.2) is 0 Å². The lowest BCUT2D eigenvalue weighted by Crippen LogP contribution is -2.71. The summed E-state index contributed by atoms with van der Waals surface area (Å²) in [4.78, 5) is 78.5. The van der Waals surface area contributed by atoms with Crippen LogP contribution < -0.4 is 26.6 Å². The van der Waals surface area contributed by atoms with Gasteiger partial charge in [-0.25, -0.2) is 4.79 Å². The summed E-state index contributed by atoms with van der Waals surface area (Å²) in [6, 6.07) is -9.97. The number of ether oxygens (including phenoxy) is 21. The Morgan fingerprint density at radius 2 is 0.620 bits per heavy atom. The topological polar surface area (TPSA) is 984 Å². The molecular formula is C79H131N5O58. The van der Waals surface area contributed by atoms with E-state index in [-0.39, 0.29) is 0 Å². The standard InChI is InChI=1S/C79H131N5O58/c1-18-40(101)51(112)54(115)73(123-18)140-67-66(139-70-36(81-20(3)95)47(108)42(103)26(9-86)125-70)45(106)29(12-89)128-77(67)136-60-31(14-91)129-69(37(48(60)109)82-21(4)96)122-17-34-46(107)64(56(117)75(132-34)133-58-32(15-92)130-71(38(49(58)110)83-22(5)97)137-63-43(104)27(10-87)126-74(55(63)116)135-61-30(13-90)124-68(119)53(114)52(61)113)138-72-39(84-23(6)98)50(111)59(33(16-93)131-72)134-76-57(118)65(44(105)28(11-88)127-76)142-79(78(120)121)7-24(99)35(80-19(2)94)62(141-79)41(102)25(100)8-85/h18,24-77,85-93,99-119H,7-17H2,1-6H3,(H,80,94)(H,81,95)(H,82,96)(H,83,97)(H,84,98)(H,120,121)/t18-,24-,25+,26+,27+,28+,29+,30+,31+,32+,33+,34+,35+,36+,37+,38+,39+,40+,41+,42-,43-,44-,45-,46-,47+,48+,49+,50+,51+,52+,53+,54-,55+,56+,57+,58+,59+,60+,61+,62+,63-,64-,65-,66-,67+,68+,69+,70+,71-,72-,73-,74-,75-,76-,77-,79-/m0/s1. The van der Waals surface area contributed by atoms with Crippen molar-refractivity contribution >= 4 is 35.5 Å². The fourth-order valence-corrected chi connectivity index (χ4v) is 18.5. The minimum atomic E-state index is -3.36. The molecule has 11 fully saturated rings. The number of carbonyl (C=O) groups is 6. The van der Waals surface area contributed by atoms with Crippen LogP contribution in [0.3, 0.4) is 0 Å². The summed E-state index contributed by atoms with van der Waals surface area (Å²) in [5, 5.41) is 361. The highest BCUT2D eigenvalue weighted by molar-refractivity contribution is 5.77. The molecule has 820 valence electrons. The predicted octanol–water partition coefficient (Wildman–Crippen LogP) is -24.0. The normalized spacial score (nSPS) is 48.0. The van der Waals surface area contributed by atoms with Gasteiger partial charge >= 0.3 is 5.97 Å². The fraction of sp³-hybridized carbons (Fsp3) is 0.924. The molecule has 0 saturated carbocycles. The molecule has 11 aliphatic heterocycles. The van der Waals surface area contributed by atoms with Gasteiger partial charge in [0, 0.05) is 41.0 Å². The van der Waals surface area contributed by atoms with Crippen molar-refractivity contribution in [3.05, 3.63) is 0 Å². The predicted molar refractivity (Wildman–Crippen MR) is 436 cm³/mol. The molecule has 0 radical (unpaired) electrons. The van der Waals surface area contributed by atoms with Gasteiger partial charge in [-0.05, 0) is 6.92 Å². The molecule has 36 N–H and O–H groups in total. The Balaban J connectivity index is 0.919. The average Bonchev–Trinajstić information content (AvgIpc) is 0.756. The second-order valence-corrected chi connectivity index (χ2v) is 35.9. The van der Waals surface area contributed by atoms with Crippen LogP contribution in [0.25, 0.3) is 0 Å². The lowest BCUT2D eigenvalue weighted by atomic mass is 9.88. The zero-order chi connectivity index (χ0) is 105. The minimum absolute atomic E-state index is 0.838. The van der Waals surface area contributed by atoms with E-state index >= 15 is 0 Å². The van der Waals surface area contributed by atoms with Crippen molar-refractivity contribution in [1.82, 2.24) is 26.6 Å². The summed E-state index contributed by atoms with van der Waals surface area (Å²) in [5.74, 6) is -10.5. The maximum Gasteiger partial charge on any atom is 0.364 e. The van der Waals surface area contributed by atoms with E-state index in [9.17, 15) is 187 Å². The summed E-state index contributed by atoms with van der Waals surface area (Å²) in [7, 11) is 0. The first-order chi connectivity index (χ1) is 67.0. The van der Waals surface area contributed by atoms with E-state index in [0.717, 1.165) is 34.6 Å². The molecule has 5 amide bonds. The number of hydrogen-bond donors (Lipinski definition) is 36. The van der Waals surface area contributed by atoms with Crippen LogP contribution in [-0.2, 0) is 128 Å². The minimum Gasteiger partial charge on any atom is -0.477 e. The van der Waals surface area contributed by atoms with Crippen LogP contribution in [0.1, 0.15) is 48.0 Å². The number of rotatable bonds is 38. The van der Waals surface area contributed by atoms with E-state index in [1.807, 2.05) is 0 Å². The van der Waals surface area contributed by atoms with Crippen LogP contribution in [0.2, 0.25) is 0 Å². The van der Waals surface area contributed by atoms with Gasteiger partial charge in [-0.15, -0.1) is 0 Å². The van der Waals surface area contributed by atoms with Crippen molar-refractivity contribution < 1.29 is 287 Å². The van der Waals surface area contributed by atoms with Gasteiger partial charge in [-0.1, -0.05) is 0 Å². The largest absolute Gasteiger partial charge is 0.477 e. The van der Waals surface area contributed by atoms with Gasteiger partial charge in [0.1, 0.15) is 256 Å². The number of hydrogen-bond acceptors (Lipinski definition) is 57. The Morgan fingerprint density at radius 3 is 1.05 bits per heavy atom. The van der Waals surface area contributed by atoms with Crippen LogP contribution in [0.4, 0.5) is 0 Å². The molecular weight excluding hydrogens is 1950 g/mol. The number of aliphatic hydroxyl groups is 30. The van der Waals surface area contributed by atoms with Crippen LogP contribution in [-0.4, -0.2) is 603 Å². The smallest absolute Gasteiger partial charge is 0.364 e. The third-order valence-corrected chi connectivity index (χ3v) is 25.9. The Kier molecular flexibility index (Phi) is 41.7. The number of aliphatic hydroxyl groups excluding tert-OH is 30. The van der Waals surface area contributed by atoms with Gasteiger partial charge in [0.25, 0.3) is 5.79 Å². The number of carboxylic acid groups (broad SMARTS) is 1. The first-order valence-electron chi connectivity index (χ1n) is 45.1. The average molecular weight is 2080 g/mol. The highest BCUT2D eigenvalue weighted by Gasteiger charge is 2.65.